The Morgan fingerprint density at radius 1 is 0.913 bits per heavy atom. The molecular formula is C19H22O4. The molecule has 0 aliphatic carbocycles. The van der Waals surface area contributed by atoms with Crippen LogP contribution in [0.25, 0.3) is 0 Å². The molecule has 0 heterocycles. The second-order valence-electron chi connectivity index (χ2n) is 5.17. The molecule has 2 rings (SSSR count). The summed E-state index contributed by atoms with van der Waals surface area (Å²) in [6.07, 6.45) is 0.788. The molecule has 0 aliphatic heterocycles. The van der Waals surface area contributed by atoms with Gasteiger partial charge in [-0.3, -0.25) is 4.79 Å². The summed E-state index contributed by atoms with van der Waals surface area (Å²) in [5.74, 6) is 2.09. The maximum atomic E-state index is 10.8. The van der Waals surface area contributed by atoms with Crippen molar-refractivity contribution in [2.45, 2.75) is 20.8 Å². The van der Waals surface area contributed by atoms with E-state index in [1.807, 2.05) is 39.0 Å². The first kappa shape index (κ1) is 16.9. The Morgan fingerprint density at radius 2 is 1.61 bits per heavy atom. The van der Waals surface area contributed by atoms with E-state index >= 15 is 0 Å². The SMILES string of the molecule is CCOc1cc(C=O)ccc1OCCOc1c(C)cccc1C. The largest absolute Gasteiger partial charge is 0.490 e. The third-order valence-electron chi connectivity index (χ3n) is 3.40. The Labute approximate surface area is 137 Å². The normalized spacial score (nSPS) is 10.2. The number of hydrogen-bond acceptors (Lipinski definition) is 4. The van der Waals surface area contributed by atoms with E-state index in [9.17, 15) is 4.79 Å². The summed E-state index contributed by atoms with van der Waals surface area (Å²) in [7, 11) is 0. The summed E-state index contributed by atoms with van der Waals surface area (Å²) in [4.78, 5) is 10.8. The van der Waals surface area contributed by atoms with Crippen LogP contribution >= 0.6 is 0 Å². The molecule has 0 unspecified atom stereocenters. The van der Waals surface area contributed by atoms with Crippen molar-refractivity contribution < 1.29 is 19.0 Å². The molecule has 0 atom stereocenters. The Kier molecular flexibility index (Phi) is 6.03. The molecule has 0 amide bonds. The van der Waals surface area contributed by atoms with Crippen LogP contribution in [0.15, 0.2) is 36.4 Å². The Hall–Kier alpha value is -2.49. The van der Waals surface area contributed by atoms with E-state index in [2.05, 4.69) is 0 Å². The van der Waals surface area contributed by atoms with Crippen LogP contribution in [0.2, 0.25) is 0 Å². The highest BCUT2D eigenvalue weighted by Crippen LogP contribution is 2.28. The van der Waals surface area contributed by atoms with E-state index < -0.39 is 0 Å². The van der Waals surface area contributed by atoms with Crippen molar-refractivity contribution in [3.8, 4) is 17.2 Å². The van der Waals surface area contributed by atoms with Gasteiger partial charge in [0.25, 0.3) is 0 Å². The van der Waals surface area contributed by atoms with Gasteiger partial charge in [-0.2, -0.15) is 0 Å². The molecule has 2 aromatic rings. The quantitative estimate of drug-likeness (QED) is 0.546. The van der Waals surface area contributed by atoms with Crippen molar-refractivity contribution in [3.05, 3.63) is 53.1 Å². The smallest absolute Gasteiger partial charge is 0.161 e. The zero-order valence-electron chi connectivity index (χ0n) is 13.8. The molecule has 4 nitrogen and oxygen atoms in total. The van der Waals surface area contributed by atoms with Crippen LogP contribution in [0.5, 0.6) is 17.2 Å². The van der Waals surface area contributed by atoms with Gasteiger partial charge >= 0.3 is 0 Å². The molecule has 0 bridgehead atoms. The van der Waals surface area contributed by atoms with Gasteiger partial charge in [0.1, 0.15) is 25.2 Å². The highest BCUT2D eigenvalue weighted by atomic mass is 16.5. The summed E-state index contributed by atoms with van der Waals surface area (Å²) in [5, 5.41) is 0. The highest BCUT2D eigenvalue weighted by Gasteiger charge is 2.07. The molecule has 0 aromatic heterocycles. The van der Waals surface area contributed by atoms with E-state index in [0.29, 0.717) is 36.9 Å². The Morgan fingerprint density at radius 3 is 2.26 bits per heavy atom. The maximum absolute atomic E-state index is 10.8. The number of ether oxygens (including phenoxy) is 3. The lowest BCUT2D eigenvalue weighted by Crippen LogP contribution is -2.11. The number of rotatable bonds is 8. The topological polar surface area (TPSA) is 44.8 Å². The Balaban J connectivity index is 1.95. The molecule has 0 spiro atoms. The summed E-state index contributed by atoms with van der Waals surface area (Å²) >= 11 is 0. The number of aryl methyl sites for hydroxylation is 2. The Bertz CT molecular complexity index is 644. The highest BCUT2D eigenvalue weighted by molar-refractivity contribution is 5.76. The fraction of sp³-hybridized carbons (Fsp3) is 0.316. The lowest BCUT2D eigenvalue weighted by Gasteiger charge is -2.14. The second-order valence-corrected chi connectivity index (χ2v) is 5.17. The predicted molar refractivity (Wildman–Crippen MR) is 89.9 cm³/mol. The second kappa shape index (κ2) is 8.22. The van der Waals surface area contributed by atoms with Gasteiger partial charge in [0.05, 0.1) is 6.61 Å². The van der Waals surface area contributed by atoms with Crippen molar-refractivity contribution in [1.82, 2.24) is 0 Å². The zero-order valence-corrected chi connectivity index (χ0v) is 13.8. The fourth-order valence-electron chi connectivity index (χ4n) is 2.31. The average molecular weight is 314 g/mol. The summed E-state index contributed by atoms with van der Waals surface area (Å²) in [6, 6.07) is 11.2. The fourth-order valence-corrected chi connectivity index (χ4v) is 2.31. The van der Waals surface area contributed by atoms with Gasteiger partial charge in [0.15, 0.2) is 11.5 Å². The minimum atomic E-state index is 0.397. The maximum Gasteiger partial charge on any atom is 0.161 e. The van der Waals surface area contributed by atoms with Crippen LogP contribution in [-0.4, -0.2) is 26.1 Å². The van der Waals surface area contributed by atoms with Crippen molar-refractivity contribution >= 4 is 6.29 Å². The molecule has 122 valence electrons. The molecule has 0 aliphatic rings. The van der Waals surface area contributed by atoms with Gasteiger partial charge < -0.3 is 14.2 Å². The van der Waals surface area contributed by atoms with Gasteiger partial charge in [0.2, 0.25) is 0 Å². The average Bonchev–Trinajstić information content (AvgIpc) is 2.55. The summed E-state index contributed by atoms with van der Waals surface area (Å²) in [5.41, 5.74) is 2.78. The van der Waals surface area contributed by atoms with Crippen molar-refractivity contribution in [1.29, 1.82) is 0 Å². The first-order valence-corrected chi connectivity index (χ1v) is 7.69. The number of carbonyl (C=O) groups is 1. The standard InChI is InChI=1S/C19H22O4/c1-4-21-18-12-16(13-20)8-9-17(18)22-10-11-23-19-14(2)6-5-7-15(19)3/h5-9,12-13H,4,10-11H2,1-3H3. The molecule has 0 fully saturated rings. The number of hydrogen-bond donors (Lipinski definition) is 0. The van der Waals surface area contributed by atoms with Crippen LogP contribution in [0, 0.1) is 13.8 Å². The van der Waals surface area contributed by atoms with Crippen LogP contribution in [0.4, 0.5) is 0 Å². The number of carbonyl (C=O) groups excluding carboxylic acids is 1. The minimum absolute atomic E-state index is 0.397. The van der Waals surface area contributed by atoms with Gasteiger partial charge in [-0.15, -0.1) is 0 Å². The lowest BCUT2D eigenvalue weighted by atomic mass is 10.1. The van der Waals surface area contributed by atoms with E-state index in [-0.39, 0.29) is 0 Å². The summed E-state index contributed by atoms with van der Waals surface area (Å²) in [6.45, 7) is 7.28. The molecule has 0 N–H and O–H groups in total. The van der Waals surface area contributed by atoms with E-state index in [0.717, 1.165) is 23.2 Å². The van der Waals surface area contributed by atoms with Crippen LogP contribution in [0.1, 0.15) is 28.4 Å². The van der Waals surface area contributed by atoms with Gasteiger partial charge in [0, 0.05) is 5.56 Å². The molecule has 4 heteroatoms. The predicted octanol–water partition coefficient (Wildman–Crippen LogP) is 3.97. The third-order valence-corrected chi connectivity index (χ3v) is 3.40. The van der Waals surface area contributed by atoms with Crippen LogP contribution < -0.4 is 14.2 Å². The first-order chi connectivity index (χ1) is 11.2. The summed E-state index contributed by atoms with van der Waals surface area (Å²) < 4.78 is 17.0. The van der Waals surface area contributed by atoms with Crippen LogP contribution in [0.3, 0.4) is 0 Å². The number of para-hydroxylation sites is 1. The van der Waals surface area contributed by atoms with E-state index in [1.54, 1.807) is 18.2 Å². The molecular weight excluding hydrogens is 292 g/mol. The number of aldehydes is 1. The van der Waals surface area contributed by atoms with Crippen molar-refractivity contribution in [2.24, 2.45) is 0 Å². The lowest BCUT2D eigenvalue weighted by molar-refractivity contribution is 0.112. The minimum Gasteiger partial charge on any atom is -0.490 e. The van der Waals surface area contributed by atoms with E-state index in [1.165, 1.54) is 0 Å². The van der Waals surface area contributed by atoms with E-state index in [4.69, 9.17) is 14.2 Å². The molecule has 0 saturated carbocycles. The first-order valence-electron chi connectivity index (χ1n) is 7.69. The van der Waals surface area contributed by atoms with Crippen molar-refractivity contribution in [2.75, 3.05) is 19.8 Å². The van der Waals surface area contributed by atoms with Crippen LogP contribution in [-0.2, 0) is 0 Å². The third kappa shape index (κ3) is 4.49. The number of benzene rings is 2. The van der Waals surface area contributed by atoms with Gasteiger partial charge in [-0.25, -0.2) is 0 Å². The molecule has 23 heavy (non-hydrogen) atoms. The monoisotopic (exact) mass is 314 g/mol. The molecule has 0 saturated heterocycles. The van der Waals surface area contributed by atoms with Gasteiger partial charge in [-0.1, -0.05) is 18.2 Å². The molecule has 0 radical (unpaired) electrons. The van der Waals surface area contributed by atoms with Gasteiger partial charge in [-0.05, 0) is 50.1 Å². The molecule has 2 aromatic carbocycles. The zero-order chi connectivity index (χ0) is 16.7. The van der Waals surface area contributed by atoms with Crippen molar-refractivity contribution in [3.63, 3.8) is 0 Å².